The van der Waals surface area contributed by atoms with Crippen LogP contribution in [0.25, 0.3) is 0 Å². The summed E-state index contributed by atoms with van der Waals surface area (Å²) >= 11 is 0. The number of ether oxygens (including phenoxy) is 12. The minimum atomic E-state index is -3.36. The molecule has 0 saturated carbocycles. The molecule has 24 heteroatoms. The Morgan fingerprint density at radius 1 is 0.358 bits per heavy atom. The molecule has 4 aromatic carbocycles. The molecule has 24 nitrogen and oxygen atoms in total. The molecule has 672 valence electrons. The second kappa shape index (κ2) is 43.9. The molecule has 4 saturated heterocycles. The standard InChI is InChI=1S/4C24H38N2O4/c4*1-14(2)9-17-13-26-8-7-16-10-21(28-5)22(29-6)11-18(16)19(26)12-20(17)30-24(27)23(25)15(3)4/h4*10-11,14-15,17,19-20,23H,7-9,12-13,25H2,1-6H3/t4*17?,19?,20?,23-/m0000/s1/i1D3,5D3,6D3,7D2,8D2,9D2,10D,11D,14D;1D3,6D3,7D2,8D2,9D2,10D,11D,14D;1D3,5D3,7D2,8D2,9D2,10D,11D,14D;1D3,7D2,8D2,9D2,10D,11D,14D/t4*14?,17?,19?,20?,23-. The van der Waals surface area contributed by atoms with Crippen LogP contribution < -0.4 is 60.8 Å². The van der Waals surface area contributed by atoms with E-state index in [1.54, 1.807) is 55.4 Å². The summed E-state index contributed by atoms with van der Waals surface area (Å²) in [5.41, 5.74) is 19.8. The van der Waals surface area contributed by atoms with E-state index in [4.69, 9.17) is 162 Å². The number of esters is 4. The van der Waals surface area contributed by atoms with Crippen LogP contribution in [0.1, 0.15) is 313 Å². The number of piperidine rings is 4. The molecule has 0 bridgehead atoms. The first kappa shape index (κ1) is 43.2. The number of carbonyl (C=O) groups is 4. The normalized spacial score (nSPS) is 38.9. The van der Waals surface area contributed by atoms with E-state index in [0.29, 0.717) is 0 Å². The number of benzene rings is 4. The van der Waals surface area contributed by atoms with Crippen LogP contribution in [0.5, 0.6) is 46.0 Å². The topological polar surface area (TPSA) is 296 Å². The van der Waals surface area contributed by atoms with Gasteiger partial charge in [-0.05, 0) is 191 Å². The highest BCUT2D eigenvalue weighted by molar-refractivity contribution is 5.77. The van der Waals surface area contributed by atoms with Crippen molar-refractivity contribution in [1.82, 2.24) is 19.6 Å². The van der Waals surface area contributed by atoms with Gasteiger partial charge < -0.3 is 79.8 Å². The molecule has 120 heavy (non-hydrogen) atoms. The zero-order valence-electron chi connectivity index (χ0n) is 130. The minimum absolute atomic E-state index is 0.129. The molecule has 4 aromatic rings. The largest absolute Gasteiger partial charge is 0.493 e. The Balaban J connectivity index is 0.000000262. The van der Waals surface area contributed by atoms with Crippen molar-refractivity contribution < 1.29 is 158 Å². The van der Waals surface area contributed by atoms with Gasteiger partial charge >= 0.3 is 23.9 Å². The summed E-state index contributed by atoms with van der Waals surface area (Å²) in [4.78, 5) is 55.7. The third kappa shape index (κ3) is 23.8. The smallest absolute Gasteiger partial charge is 0.323 e. The molecule has 8 aliphatic rings. The highest BCUT2D eigenvalue weighted by atomic mass is 16.6. The Hall–Kier alpha value is -7.16. The lowest BCUT2D eigenvalue weighted by Crippen LogP contribution is -2.51. The Morgan fingerprint density at radius 2 is 0.550 bits per heavy atom. The fraction of sp³-hybridized carbons (Fsp3) is 0.708. The zero-order chi connectivity index (χ0) is 140. The highest BCUT2D eigenvalue weighted by Gasteiger charge is 2.47. The molecule has 0 aliphatic carbocycles. The SMILES string of the molecule is [2H]c1c(OC([2H])([2H])[2H])c(OC([2H])([2H])[2H])c([2H])c2c1C1CC(OC(=O)[C@@H](N)C(C)C)C(C([2H])([2H])C([2H])(C)C([2H])([2H])[2H])CN1C([2H])([2H])C2([2H])[2H].[2H]c1c(OC([2H])([2H])[2H])c(OC)c([2H])c2c1C1CC(OC(=O)[C@@H](N)C(C)C)C(C([2H])([2H])C([2H])(C)C([2H])([2H])[2H])CN1C([2H])([2H])C2([2H])[2H].[2H]c1c(OC)c(OC([2H])([2H])[2H])c([2H])c2c1C1CC(OC(=O)[C@@H](N)C(C)C)C(C([2H])([2H])C([2H])(C)C([2H])([2H])[2H])CN1C([2H])([2H])C2([2H])[2H].[2H]c1c(OC)c(OC)c([2H])c2c1C1CC(OC(=O)[C@@H](N)C(C)C)C(C([2H])([2H])C([2H])(C)C([2H])([2H])[2H])CN1C([2H])([2H])C2([2H])[2H]. The third-order valence-corrected chi connectivity index (χ3v) is 21.0. The van der Waals surface area contributed by atoms with E-state index in [1.165, 1.54) is 14.2 Å². The summed E-state index contributed by atoms with van der Waals surface area (Å²) in [7, 11) is -8.48. The van der Waals surface area contributed by atoms with E-state index in [9.17, 15) is 19.2 Å². The van der Waals surface area contributed by atoms with Gasteiger partial charge in [0, 0.05) is 181 Å². The summed E-state index contributed by atoms with van der Waals surface area (Å²) in [6.45, 7) is -11.9. The minimum Gasteiger partial charge on any atom is -0.493 e. The van der Waals surface area contributed by atoms with Gasteiger partial charge in [0.2, 0.25) is 0 Å². The van der Waals surface area contributed by atoms with Crippen molar-refractivity contribution in [1.29, 1.82) is 0 Å². The van der Waals surface area contributed by atoms with Crippen LogP contribution in [0.4, 0.5) is 0 Å². The van der Waals surface area contributed by atoms with Crippen molar-refractivity contribution in [3.05, 3.63) is 92.8 Å². The molecule has 20 atom stereocenters. The van der Waals surface area contributed by atoms with Gasteiger partial charge in [0.1, 0.15) is 48.6 Å². The van der Waals surface area contributed by atoms with E-state index in [2.05, 4.69) is 0 Å². The van der Waals surface area contributed by atoms with Crippen LogP contribution in [0.2, 0.25) is 0 Å². The molecule has 16 unspecified atom stereocenters. The van der Waals surface area contributed by atoms with Gasteiger partial charge in [-0.3, -0.25) is 38.8 Å². The highest BCUT2D eigenvalue weighted by Crippen LogP contribution is 2.50. The predicted molar refractivity (Wildman–Crippen MR) is 471 cm³/mol. The van der Waals surface area contributed by atoms with Crippen LogP contribution in [-0.2, 0) is 63.6 Å². The third-order valence-electron chi connectivity index (χ3n) is 21.0. The molecule has 4 fully saturated rings. The fourth-order valence-electron chi connectivity index (χ4n) is 14.3. The van der Waals surface area contributed by atoms with Crippen molar-refractivity contribution >= 4 is 23.9 Å². The van der Waals surface area contributed by atoms with Gasteiger partial charge in [-0.25, -0.2) is 0 Å². The Bertz CT molecular complexity index is 6830. The first-order valence-corrected chi connectivity index (χ1v) is 38.8. The van der Waals surface area contributed by atoms with Crippen LogP contribution in [0.15, 0.2) is 48.3 Å². The number of hydrogen-bond donors (Lipinski definition) is 4. The number of methoxy groups -OCH3 is 8. The van der Waals surface area contributed by atoms with Crippen molar-refractivity contribution in [2.24, 2.45) is 93.9 Å². The summed E-state index contributed by atoms with van der Waals surface area (Å²) in [6.07, 6.45) is -33.0. The lowest BCUT2D eigenvalue weighted by Gasteiger charge is -2.47. The van der Waals surface area contributed by atoms with Gasteiger partial charge in [0.25, 0.3) is 0 Å². The maximum Gasteiger partial charge on any atom is 0.323 e. The summed E-state index contributed by atoms with van der Waals surface area (Å²) in [6, 6.07) is -16.6. The molecule has 12 rings (SSSR count). The van der Waals surface area contributed by atoms with Crippen LogP contribution in [-0.4, -0.2) is 201 Å². The predicted octanol–water partition coefficient (Wildman–Crippen LogP) is 14.3. The average molecular weight is 1730 g/mol. The maximum absolute atomic E-state index is 13.1. The molecular weight excluding hydrogens is 1520 g/mol. The first-order chi connectivity index (χ1) is 80.3. The van der Waals surface area contributed by atoms with E-state index in [1.807, 2.05) is 0 Å². The van der Waals surface area contributed by atoms with Gasteiger partial charge in [-0.1, -0.05) is 110 Å². The van der Waals surface area contributed by atoms with Crippen molar-refractivity contribution in [2.75, 3.05) is 109 Å². The second-order valence-corrected chi connectivity index (χ2v) is 31.1. The maximum atomic E-state index is 13.1. The number of fused-ring (bicyclic) bond motifs is 12. The molecule has 0 aromatic heterocycles. The van der Waals surface area contributed by atoms with Gasteiger partial charge in [0.15, 0.2) is 46.0 Å². The number of nitrogens with zero attached hydrogens (tertiary/aromatic N) is 4. The monoisotopic (exact) mass is 1730 g/mol. The molecule has 0 radical (unpaired) electrons. The Labute approximate surface area is 803 Å². The van der Waals surface area contributed by atoms with Crippen molar-refractivity contribution in [3.63, 3.8) is 0 Å². The molecule has 0 spiro atoms. The van der Waals surface area contributed by atoms with Crippen molar-refractivity contribution in [2.45, 2.75) is 260 Å². The summed E-state index contributed by atoms with van der Waals surface area (Å²) < 4.78 is 565. The number of nitrogens with two attached hydrogens (primary N) is 4. The summed E-state index contributed by atoms with van der Waals surface area (Å²) in [5.74, 6) is -29.3. The van der Waals surface area contributed by atoms with Crippen molar-refractivity contribution in [3.8, 4) is 46.0 Å². The molecule has 8 aliphatic heterocycles. The molecule has 0 amide bonds. The van der Waals surface area contributed by atoms with E-state index in [0.717, 1.165) is 61.5 Å². The van der Waals surface area contributed by atoms with Crippen LogP contribution in [0.3, 0.4) is 0 Å². The molecule has 8 heterocycles. The Morgan fingerprint density at radius 3 is 0.733 bits per heavy atom. The number of carbonyl (C=O) groups excluding carboxylic acids is 4. The lowest BCUT2D eigenvalue weighted by molar-refractivity contribution is -0.161. The number of rotatable bonds is 28. The van der Waals surface area contributed by atoms with Crippen LogP contribution >= 0.6 is 0 Å². The zero-order valence-corrected chi connectivity index (χ0v) is 69.8. The van der Waals surface area contributed by atoms with E-state index < -0.39 is 457 Å². The van der Waals surface area contributed by atoms with E-state index in [-0.39, 0.29) is 34.1 Å². The quantitative estimate of drug-likeness (QED) is 0.0303. The second-order valence-electron chi connectivity index (χ2n) is 31.1. The number of hydrogen-bond acceptors (Lipinski definition) is 24. The Kier molecular flexibility index (Phi) is 15.8. The van der Waals surface area contributed by atoms with Gasteiger partial charge in [-0.2, -0.15) is 0 Å². The molecule has 8 N–H and O–H groups in total. The lowest BCUT2D eigenvalue weighted by atomic mass is 9.79. The molecular formula is C96H152N8O16. The first-order valence-electron chi connectivity index (χ1n) is 68.8. The summed E-state index contributed by atoms with van der Waals surface area (Å²) in [5, 5.41) is 0. The average Bonchev–Trinajstić information content (AvgIpc) is 0.694. The van der Waals surface area contributed by atoms with E-state index >= 15 is 0 Å². The van der Waals surface area contributed by atoms with Gasteiger partial charge in [-0.15, -0.1) is 0 Å². The van der Waals surface area contributed by atoms with Gasteiger partial charge in [0.05, 0.1) is 84.0 Å². The fourth-order valence-corrected chi connectivity index (χ4v) is 14.3. The van der Waals surface area contributed by atoms with Crippen LogP contribution in [0, 0.1) is 70.9 Å².